The van der Waals surface area contributed by atoms with Gasteiger partial charge in [0.1, 0.15) is 6.04 Å². The first kappa shape index (κ1) is 31.6. The maximum absolute atomic E-state index is 11.7. The summed E-state index contributed by atoms with van der Waals surface area (Å²) in [6.07, 6.45) is 24.5. The third kappa shape index (κ3) is 23.5. The van der Waals surface area contributed by atoms with Crippen LogP contribution in [0.4, 0.5) is 0 Å². The van der Waals surface area contributed by atoms with Crippen LogP contribution in [0, 0.1) is 0 Å². The van der Waals surface area contributed by atoms with Crippen LogP contribution in [-0.4, -0.2) is 29.1 Å². The Labute approximate surface area is 202 Å². The van der Waals surface area contributed by atoms with Crippen LogP contribution in [0.25, 0.3) is 0 Å². The lowest BCUT2D eigenvalue weighted by Crippen LogP contribution is -2.34. The minimum atomic E-state index is -1.06. The molecule has 0 spiro atoms. The Balaban J connectivity index is 3.31. The molecule has 0 aromatic carbocycles. The van der Waals surface area contributed by atoms with Crippen LogP contribution < -0.4 is 5.73 Å². The zero-order chi connectivity index (χ0) is 24.6. The molecular formula is C27H51NO5. The largest absolute Gasteiger partial charge is 0.481 e. The van der Waals surface area contributed by atoms with Gasteiger partial charge in [0.15, 0.2) is 0 Å². The van der Waals surface area contributed by atoms with Crippen molar-refractivity contribution in [3.63, 3.8) is 0 Å². The van der Waals surface area contributed by atoms with E-state index in [0.29, 0.717) is 6.42 Å². The van der Waals surface area contributed by atoms with Crippen LogP contribution in [0.1, 0.15) is 148 Å². The van der Waals surface area contributed by atoms with Crippen molar-refractivity contribution in [1.82, 2.24) is 0 Å². The number of rotatable bonds is 24. The molecule has 0 amide bonds. The molecule has 0 saturated carbocycles. The summed E-state index contributed by atoms with van der Waals surface area (Å²) in [4.78, 5) is 33.7. The minimum absolute atomic E-state index is 0.0271. The summed E-state index contributed by atoms with van der Waals surface area (Å²) in [5, 5.41) is 8.58. The molecule has 0 bridgehead atoms. The third-order valence-electron chi connectivity index (χ3n) is 6.17. The first-order valence-electron chi connectivity index (χ1n) is 13.7. The number of carboxylic acids is 1. The fourth-order valence-corrected chi connectivity index (χ4v) is 3.98. The average Bonchev–Trinajstić information content (AvgIpc) is 2.78. The van der Waals surface area contributed by atoms with Crippen LogP contribution in [-0.2, 0) is 19.1 Å². The van der Waals surface area contributed by atoms with E-state index in [1.807, 2.05) is 0 Å². The molecule has 0 rings (SSSR count). The van der Waals surface area contributed by atoms with Gasteiger partial charge in [-0.25, -0.2) is 4.79 Å². The summed E-state index contributed by atoms with van der Waals surface area (Å²) < 4.78 is 4.69. The van der Waals surface area contributed by atoms with Crippen molar-refractivity contribution in [1.29, 1.82) is 0 Å². The smallest absolute Gasteiger partial charge is 0.330 e. The van der Waals surface area contributed by atoms with E-state index in [1.165, 1.54) is 103 Å². The lowest BCUT2D eigenvalue weighted by atomic mass is 10.0. The third-order valence-corrected chi connectivity index (χ3v) is 6.17. The lowest BCUT2D eigenvalue weighted by molar-refractivity contribution is -0.160. The molecule has 1 atom stereocenters. The summed E-state index contributed by atoms with van der Waals surface area (Å²) in [6, 6.07) is -1.06. The first-order valence-corrected chi connectivity index (χ1v) is 13.7. The summed E-state index contributed by atoms with van der Waals surface area (Å²) in [5.41, 5.74) is 5.53. The van der Waals surface area contributed by atoms with E-state index in [2.05, 4.69) is 11.7 Å². The van der Waals surface area contributed by atoms with Crippen LogP contribution in [0.15, 0.2) is 0 Å². The second kappa shape index (κ2) is 23.7. The molecule has 0 heterocycles. The van der Waals surface area contributed by atoms with Crippen LogP contribution in [0.3, 0.4) is 0 Å². The van der Waals surface area contributed by atoms with E-state index in [1.54, 1.807) is 0 Å². The maximum Gasteiger partial charge on any atom is 0.330 e. The van der Waals surface area contributed by atoms with Gasteiger partial charge < -0.3 is 15.6 Å². The Morgan fingerprint density at radius 1 is 0.636 bits per heavy atom. The zero-order valence-electron chi connectivity index (χ0n) is 21.3. The molecule has 0 unspecified atom stereocenters. The molecular weight excluding hydrogens is 418 g/mol. The molecule has 0 radical (unpaired) electrons. The molecule has 6 nitrogen and oxygen atoms in total. The van der Waals surface area contributed by atoms with Crippen molar-refractivity contribution in [3.8, 4) is 0 Å². The van der Waals surface area contributed by atoms with E-state index < -0.39 is 23.9 Å². The maximum atomic E-state index is 11.7. The predicted molar refractivity (Wildman–Crippen MR) is 134 cm³/mol. The fourth-order valence-electron chi connectivity index (χ4n) is 3.98. The number of carboxylic acid groups (broad SMARTS) is 1. The molecule has 33 heavy (non-hydrogen) atoms. The van der Waals surface area contributed by atoms with Crippen molar-refractivity contribution in [2.24, 2.45) is 5.73 Å². The average molecular weight is 470 g/mol. The molecule has 194 valence electrons. The molecule has 0 aromatic heterocycles. The van der Waals surface area contributed by atoms with Gasteiger partial charge in [0.2, 0.25) is 0 Å². The number of unbranched alkanes of at least 4 members (excludes halogenated alkanes) is 18. The van der Waals surface area contributed by atoms with Crippen molar-refractivity contribution in [2.75, 3.05) is 0 Å². The van der Waals surface area contributed by atoms with E-state index in [0.717, 1.165) is 12.8 Å². The standard InChI is InChI=1S/C27H51NO5/c1-2-3-4-5-6-7-8-9-10-11-12-13-14-15-16-17-18-19-20-21-26(31)33-27(32)24(28)22-23-25(29)30/h24H,2-23,28H2,1H3,(H,29,30)/t24-/m0/s1. The molecule has 0 aliphatic rings. The van der Waals surface area contributed by atoms with Crippen LogP contribution in [0.2, 0.25) is 0 Å². The monoisotopic (exact) mass is 469 g/mol. The van der Waals surface area contributed by atoms with Gasteiger partial charge in [0.05, 0.1) is 0 Å². The molecule has 0 aromatic rings. The number of carbonyl (C=O) groups is 3. The van der Waals surface area contributed by atoms with Gasteiger partial charge in [-0.2, -0.15) is 0 Å². The number of ether oxygens (including phenoxy) is 1. The molecule has 3 N–H and O–H groups in total. The van der Waals surface area contributed by atoms with E-state index in [9.17, 15) is 14.4 Å². The van der Waals surface area contributed by atoms with E-state index in [-0.39, 0.29) is 19.3 Å². The molecule has 0 aliphatic heterocycles. The Morgan fingerprint density at radius 2 is 1.00 bits per heavy atom. The fraction of sp³-hybridized carbons (Fsp3) is 0.889. The van der Waals surface area contributed by atoms with Crippen LogP contribution in [0.5, 0.6) is 0 Å². The normalized spacial score (nSPS) is 11.9. The Hall–Kier alpha value is -1.43. The number of esters is 2. The van der Waals surface area contributed by atoms with E-state index in [4.69, 9.17) is 10.8 Å². The second-order valence-corrected chi connectivity index (χ2v) is 9.45. The quantitative estimate of drug-likeness (QED) is 0.0889. The van der Waals surface area contributed by atoms with Crippen LogP contribution >= 0.6 is 0 Å². The molecule has 0 fully saturated rings. The Kier molecular flexibility index (Phi) is 22.7. The highest BCUT2D eigenvalue weighted by Crippen LogP contribution is 2.15. The number of nitrogens with two attached hydrogens (primary N) is 1. The SMILES string of the molecule is CCCCCCCCCCCCCCCCCCCCCC(=O)OC(=O)[C@@H](N)CCC(=O)O. The van der Waals surface area contributed by atoms with Crippen molar-refractivity contribution in [3.05, 3.63) is 0 Å². The predicted octanol–water partition coefficient (Wildman–Crippen LogP) is 7.07. The molecule has 0 aliphatic carbocycles. The van der Waals surface area contributed by atoms with Gasteiger partial charge >= 0.3 is 17.9 Å². The number of carbonyl (C=O) groups excluding carboxylic acids is 2. The van der Waals surface area contributed by atoms with Crippen molar-refractivity contribution >= 4 is 17.9 Å². The van der Waals surface area contributed by atoms with Crippen molar-refractivity contribution < 1.29 is 24.2 Å². The van der Waals surface area contributed by atoms with Gasteiger partial charge in [-0.1, -0.05) is 122 Å². The Bertz CT molecular complexity index is 495. The number of aliphatic carboxylic acids is 1. The van der Waals surface area contributed by atoms with Gasteiger partial charge in [0, 0.05) is 12.8 Å². The minimum Gasteiger partial charge on any atom is -0.481 e. The lowest BCUT2D eigenvalue weighted by Gasteiger charge is -2.09. The van der Waals surface area contributed by atoms with Gasteiger partial charge in [0.25, 0.3) is 0 Å². The number of hydrogen-bond donors (Lipinski definition) is 2. The highest BCUT2D eigenvalue weighted by Gasteiger charge is 2.19. The Morgan fingerprint density at radius 3 is 1.36 bits per heavy atom. The highest BCUT2D eigenvalue weighted by molar-refractivity contribution is 5.88. The summed E-state index contributed by atoms with van der Waals surface area (Å²) in [7, 11) is 0. The first-order chi connectivity index (χ1) is 16.0. The summed E-state index contributed by atoms with van der Waals surface area (Å²) >= 11 is 0. The molecule has 0 saturated heterocycles. The molecule has 6 heteroatoms. The number of hydrogen-bond acceptors (Lipinski definition) is 5. The topological polar surface area (TPSA) is 107 Å². The zero-order valence-corrected chi connectivity index (χ0v) is 21.3. The van der Waals surface area contributed by atoms with Gasteiger partial charge in [-0.15, -0.1) is 0 Å². The van der Waals surface area contributed by atoms with Gasteiger partial charge in [-0.05, 0) is 12.8 Å². The van der Waals surface area contributed by atoms with E-state index >= 15 is 0 Å². The van der Waals surface area contributed by atoms with Crippen molar-refractivity contribution in [2.45, 2.75) is 154 Å². The second-order valence-electron chi connectivity index (χ2n) is 9.45. The summed E-state index contributed by atoms with van der Waals surface area (Å²) in [5.74, 6) is -2.43. The summed E-state index contributed by atoms with van der Waals surface area (Å²) in [6.45, 7) is 2.27. The highest BCUT2D eigenvalue weighted by atomic mass is 16.6. The van der Waals surface area contributed by atoms with Gasteiger partial charge in [-0.3, -0.25) is 9.59 Å².